The van der Waals surface area contributed by atoms with Crippen LogP contribution in [-0.4, -0.2) is 11.1 Å². The van der Waals surface area contributed by atoms with Crippen LogP contribution in [0.2, 0.25) is 0 Å². The minimum absolute atomic E-state index is 0.458. The zero-order valence-electron chi connectivity index (χ0n) is 7.29. The third kappa shape index (κ3) is 2.74. The normalized spacial score (nSPS) is 13.6. The van der Waals surface area contributed by atoms with Gasteiger partial charge in [0.15, 0.2) is 0 Å². The van der Waals surface area contributed by atoms with Gasteiger partial charge >= 0.3 is 5.97 Å². The summed E-state index contributed by atoms with van der Waals surface area (Å²) in [4.78, 5) is 10.7. The van der Waals surface area contributed by atoms with Gasteiger partial charge in [0.25, 0.3) is 0 Å². The summed E-state index contributed by atoms with van der Waals surface area (Å²) in [5.41, 5.74) is 0.708. The van der Waals surface area contributed by atoms with Crippen LogP contribution in [0.4, 0.5) is 0 Å². The number of carboxylic acids is 1. The lowest BCUT2D eigenvalue weighted by Crippen LogP contribution is -2.13. The van der Waals surface area contributed by atoms with Gasteiger partial charge in [0, 0.05) is 0 Å². The van der Waals surface area contributed by atoms with Gasteiger partial charge in [-0.1, -0.05) is 38.3 Å². The van der Waals surface area contributed by atoms with Crippen LogP contribution in [0.25, 0.3) is 0 Å². The van der Waals surface area contributed by atoms with Crippen LogP contribution < -0.4 is 0 Å². The monoisotopic (exact) mass is 166 g/mol. The molecule has 0 heterocycles. The van der Waals surface area contributed by atoms with Crippen LogP contribution in [-0.2, 0) is 4.79 Å². The van der Waals surface area contributed by atoms with Crippen LogP contribution in [0.3, 0.4) is 0 Å². The number of allylic oxidation sites excluding steroid dienone is 3. The molecule has 1 atom stereocenters. The number of carboxylic acid groups (broad SMARTS) is 1. The Morgan fingerprint density at radius 3 is 2.42 bits per heavy atom. The lowest BCUT2D eigenvalue weighted by Gasteiger charge is -2.09. The van der Waals surface area contributed by atoms with Gasteiger partial charge in [0.05, 0.1) is 5.92 Å². The average molecular weight is 166 g/mol. The molecule has 0 saturated heterocycles. The second-order valence-corrected chi connectivity index (χ2v) is 2.41. The average Bonchev–Trinajstić information content (AvgIpc) is 2.03. The first-order valence-corrected chi connectivity index (χ1v) is 3.85. The summed E-state index contributed by atoms with van der Waals surface area (Å²) in [6, 6.07) is 0. The first kappa shape index (κ1) is 10.7. The summed E-state index contributed by atoms with van der Waals surface area (Å²) >= 11 is 0. The van der Waals surface area contributed by atoms with Gasteiger partial charge in [-0.05, 0) is 12.0 Å². The second kappa shape index (κ2) is 5.35. The number of carbonyl (C=O) groups is 1. The summed E-state index contributed by atoms with van der Waals surface area (Å²) in [6.45, 7) is 8.89. The molecule has 0 aliphatic heterocycles. The maximum absolute atomic E-state index is 10.7. The van der Waals surface area contributed by atoms with Gasteiger partial charge in [-0.25, -0.2) is 0 Å². The Hall–Kier alpha value is -1.31. The van der Waals surface area contributed by atoms with Crippen molar-refractivity contribution in [1.29, 1.82) is 0 Å². The van der Waals surface area contributed by atoms with E-state index in [1.165, 1.54) is 0 Å². The van der Waals surface area contributed by atoms with Crippen molar-refractivity contribution < 1.29 is 9.90 Å². The fourth-order valence-electron chi connectivity index (χ4n) is 1.02. The minimum atomic E-state index is -0.814. The molecule has 0 aromatic heterocycles. The van der Waals surface area contributed by atoms with Crippen LogP contribution in [0, 0.1) is 5.92 Å². The largest absolute Gasteiger partial charge is 0.481 e. The number of rotatable bonds is 5. The van der Waals surface area contributed by atoms with E-state index in [2.05, 4.69) is 13.2 Å². The van der Waals surface area contributed by atoms with E-state index in [4.69, 9.17) is 5.11 Å². The Morgan fingerprint density at radius 2 is 2.17 bits per heavy atom. The Balaban J connectivity index is 4.66. The molecular weight excluding hydrogens is 152 g/mol. The molecule has 0 radical (unpaired) electrons. The molecular formula is C10H14O2. The van der Waals surface area contributed by atoms with Gasteiger partial charge < -0.3 is 5.11 Å². The third-order valence-electron chi connectivity index (χ3n) is 1.65. The molecule has 12 heavy (non-hydrogen) atoms. The topological polar surface area (TPSA) is 37.3 Å². The van der Waals surface area contributed by atoms with Gasteiger partial charge in [-0.2, -0.15) is 0 Å². The molecule has 0 fully saturated rings. The summed E-state index contributed by atoms with van der Waals surface area (Å²) in [6.07, 6.45) is 5.38. The van der Waals surface area contributed by atoms with Gasteiger partial charge in [0.1, 0.15) is 0 Å². The lowest BCUT2D eigenvalue weighted by molar-refractivity contribution is -0.140. The zero-order chi connectivity index (χ0) is 9.56. The fraction of sp³-hybridized carbons (Fsp3) is 0.300. The maximum atomic E-state index is 10.7. The number of hydrogen-bond acceptors (Lipinski definition) is 1. The van der Waals surface area contributed by atoms with Gasteiger partial charge in [0.2, 0.25) is 0 Å². The molecule has 66 valence electrons. The number of aliphatic carboxylic acids is 1. The summed E-state index contributed by atoms with van der Waals surface area (Å²) in [7, 11) is 0. The van der Waals surface area contributed by atoms with E-state index in [1.54, 1.807) is 18.2 Å². The molecule has 0 amide bonds. The van der Waals surface area contributed by atoms with E-state index in [-0.39, 0.29) is 0 Å². The van der Waals surface area contributed by atoms with Crippen LogP contribution in [0.15, 0.2) is 37.0 Å². The van der Waals surface area contributed by atoms with Gasteiger partial charge in [-0.3, -0.25) is 4.79 Å². The minimum Gasteiger partial charge on any atom is -0.481 e. The van der Waals surface area contributed by atoms with Crippen molar-refractivity contribution in [3.8, 4) is 0 Å². The Kier molecular flexibility index (Phi) is 4.77. The molecule has 1 unspecified atom stereocenters. The fourth-order valence-corrected chi connectivity index (χ4v) is 1.02. The standard InChI is InChI=1S/C10H14O2/c1-4-7-8(5-2)9(6-3)10(11)12/h4-5,7,9H,1-2,6H2,3H3,(H,11,12)/b8-7+. The van der Waals surface area contributed by atoms with Gasteiger partial charge in [-0.15, -0.1) is 0 Å². The Labute approximate surface area is 72.9 Å². The number of hydrogen-bond donors (Lipinski definition) is 1. The smallest absolute Gasteiger partial charge is 0.310 e. The highest BCUT2D eigenvalue weighted by Crippen LogP contribution is 2.16. The molecule has 0 aliphatic rings. The molecule has 2 nitrogen and oxygen atoms in total. The van der Waals surface area contributed by atoms with E-state index in [1.807, 2.05) is 6.92 Å². The first-order valence-electron chi connectivity index (χ1n) is 3.85. The van der Waals surface area contributed by atoms with Crippen LogP contribution in [0.5, 0.6) is 0 Å². The van der Waals surface area contributed by atoms with E-state index in [0.29, 0.717) is 12.0 Å². The lowest BCUT2D eigenvalue weighted by atomic mass is 9.96. The van der Waals surface area contributed by atoms with Crippen molar-refractivity contribution in [3.05, 3.63) is 37.0 Å². The van der Waals surface area contributed by atoms with E-state index < -0.39 is 11.9 Å². The summed E-state index contributed by atoms with van der Waals surface area (Å²) in [5.74, 6) is -1.27. The quantitative estimate of drug-likeness (QED) is 0.637. The first-order chi connectivity index (χ1) is 5.67. The second-order valence-electron chi connectivity index (χ2n) is 2.41. The van der Waals surface area contributed by atoms with E-state index >= 15 is 0 Å². The van der Waals surface area contributed by atoms with Crippen LogP contribution >= 0.6 is 0 Å². The maximum Gasteiger partial charge on any atom is 0.310 e. The molecule has 1 N–H and O–H groups in total. The predicted octanol–water partition coefficient (Wildman–Crippen LogP) is 2.40. The predicted molar refractivity (Wildman–Crippen MR) is 49.9 cm³/mol. The molecule has 2 heteroatoms. The molecule has 0 aromatic carbocycles. The highest BCUT2D eigenvalue weighted by molar-refractivity contribution is 5.74. The van der Waals surface area contributed by atoms with Crippen LogP contribution in [0.1, 0.15) is 13.3 Å². The third-order valence-corrected chi connectivity index (χ3v) is 1.65. The molecule has 0 spiro atoms. The molecule has 0 bridgehead atoms. The Morgan fingerprint density at radius 1 is 1.58 bits per heavy atom. The van der Waals surface area contributed by atoms with Crippen molar-refractivity contribution in [2.24, 2.45) is 5.92 Å². The highest BCUT2D eigenvalue weighted by Gasteiger charge is 2.16. The summed E-state index contributed by atoms with van der Waals surface area (Å²) < 4.78 is 0. The molecule has 0 aromatic rings. The van der Waals surface area contributed by atoms with Crippen molar-refractivity contribution in [3.63, 3.8) is 0 Å². The summed E-state index contributed by atoms with van der Waals surface area (Å²) in [5, 5.41) is 8.78. The van der Waals surface area contributed by atoms with E-state index in [0.717, 1.165) is 0 Å². The van der Waals surface area contributed by atoms with E-state index in [9.17, 15) is 4.79 Å². The Bertz CT molecular complexity index is 214. The molecule has 0 aliphatic carbocycles. The SMILES string of the molecule is C=C/C=C(\C=C)C(CC)C(=O)O. The van der Waals surface area contributed by atoms with Crippen molar-refractivity contribution in [2.75, 3.05) is 0 Å². The molecule has 0 rings (SSSR count). The van der Waals surface area contributed by atoms with Crippen molar-refractivity contribution >= 4 is 5.97 Å². The molecule has 0 saturated carbocycles. The van der Waals surface area contributed by atoms with Crippen molar-refractivity contribution in [2.45, 2.75) is 13.3 Å². The zero-order valence-corrected chi connectivity index (χ0v) is 7.29. The highest BCUT2D eigenvalue weighted by atomic mass is 16.4. The van der Waals surface area contributed by atoms with Crippen molar-refractivity contribution in [1.82, 2.24) is 0 Å².